The highest BCUT2D eigenvalue weighted by molar-refractivity contribution is 6.02. The summed E-state index contributed by atoms with van der Waals surface area (Å²) in [5.41, 5.74) is 5.04. The molecular formula is C32H37N5O3. The van der Waals surface area contributed by atoms with E-state index in [4.69, 9.17) is 4.74 Å². The van der Waals surface area contributed by atoms with Crippen LogP contribution in [0.4, 0.5) is 4.79 Å². The van der Waals surface area contributed by atoms with Gasteiger partial charge in [0.05, 0.1) is 17.9 Å². The van der Waals surface area contributed by atoms with E-state index in [2.05, 4.69) is 15.0 Å². The third-order valence-electron chi connectivity index (χ3n) is 8.11. The van der Waals surface area contributed by atoms with E-state index in [1.165, 1.54) is 25.7 Å². The molecule has 8 nitrogen and oxygen atoms in total. The third-order valence-corrected chi connectivity index (χ3v) is 8.11. The summed E-state index contributed by atoms with van der Waals surface area (Å²) >= 11 is 0. The molecule has 2 aromatic heterocycles. The molecule has 1 aromatic carbocycles. The third kappa shape index (κ3) is 5.40. The van der Waals surface area contributed by atoms with Gasteiger partial charge in [-0.25, -0.2) is 9.78 Å². The smallest absolute Gasteiger partial charge is 0.410 e. The maximum absolute atomic E-state index is 13.1. The lowest BCUT2D eigenvalue weighted by atomic mass is 9.99. The van der Waals surface area contributed by atoms with E-state index in [0.29, 0.717) is 18.9 Å². The number of benzene rings is 1. The first kappa shape index (κ1) is 26.3. The summed E-state index contributed by atoms with van der Waals surface area (Å²) in [6.45, 7) is 6.31. The average Bonchev–Trinajstić information content (AvgIpc) is 3.74. The standard InChI is InChI=1S/C32H37N5O3/c1-32(2,3)40-31(39)37-15-6-9-28(37)26-17-24(19-33-26)23-14-16-36(29(38)18-23)25-12-10-21(11-13-25)27-20-34-30(35-27)22-7-4-5-8-22/h10-14,16,18-20,22,28H,4-9,15,17H2,1-3H3,(H,34,35)/t28-/m0/s1. The maximum Gasteiger partial charge on any atom is 0.410 e. The largest absolute Gasteiger partial charge is 0.444 e. The monoisotopic (exact) mass is 539 g/mol. The number of carbonyl (C=O) groups excluding carboxylic acids is 1. The van der Waals surface area contributed by atoms with Gasteiger partial charge in [0, 0.05) is 48.7 Å². The normalized spacial score (nSPS) is 19.7. The lowest BCUT2D eigenvalue weighted by molar-refractivity contribution is 0.0265. The van der Waals surface area contributed by atoms with Crippen LogP contribution in [0.15, 0.2) is 64.8 Å². The number of imidazole rings is 1. The SMILES string of the molecule is CC(C)(C)OC(=O)N1CCC[C@H]1C1=NC=C(c2ccn(-c3ccc(-c4cnc(C5CCCC5)[nH]4)cc3)c(=O)c2)C1. The summed E-state index contributed by atoms with van der Waals surface area (Å²) in [4.78, 5) is 40.4. The van der Waals surface area contributed by atoms with Gasteiger partial charge in [0.2, 0.25) is 0 Å². The van der Waals surface area contributed by atoms with Crippen LogP contribution in [0.5, 0.6) is 0 Å². The van der Waals surface area contributed by atoms with E-state index in [1.807, 2.05) is 69.7 Å². The number of amides is 1. The zero-order valence-corrected chi connectivity index (χ0v) is 23.5. The van der Waals surface area contributed by atoms with Gasteiger partial charge in [-0.2, -0.15) is 0 Å². The fraction of sp³-hybridized carbons (Fsp3) is 0.438. The number of allylic oxidation sites excluding steroid dienone is 1. The number of likely N-dealkylation sites (tertiary alicyclic amines) is 1. The van der Waals surface area contributed by atoms with Gasteiger partial charge < -0.3 is 9.72 Å². The molecule has 1 aliphatic carbocycles. The summed E-state index contributed by atoms with van der Waals surface area (Å²) in [5, 5.41) is 0. The molecule has 6 rings (SSSR count). The lowest BCUT2D eigenvalue weighted by Crippen LogP contribution is -2.43. The zero-order valence-electron chi connectivity index (χ0n) is 23.5. The minimum absolute atomic E-state index is 0.0633. The molecule has 0 spiro atoms. The number of nitrogens with one attached hydrogen (secondary N) is 1. The molecule has 3 aliphatic rings. The van der Waals surface area contributed by atoms with E-state index in [1.54, 1.807) is 15.5 Å². The number of hydrogen-bond donors (Lipinski definition) is 1. The Morgan fingerprint density at radius 2 is 1.80 bits per heavy atom. The van der Waals surface area contributed by atoms with Crippen LogP contribution in [0.3, 0.4) is 0 Å². The van der Waals surface area contributed by atoms with Crippen molar-refractivity contribution in [3.05, 3.63) is 76.7 Å². The molecule has 1 N–H and O–H groups in total. The van der Waals surface area contributed by atoms with E-state index < -0.39 is 5.60 Å². The first-order valence-corrected chi connectivity index (χ1v) is 14.4. The van der Waals surface area contributed by atoms with Crippen LogP contribution in [-0.2, 0) is 4.74 Å². The molecular weight excluding hydrogens is 502 g/mol. The maximum atomic E-state index is 13.1. The molecule has 0 radical (unpaired) electrons. The quantitative estimate of drug-likeness (QED) is 0.402. The van der Waals surface area contributed by atoms with Crippen molar-refractivity contribution < 1.29 is 9.53 Å². The Kier molecular flexibility index (Phi) is 6.94. The molecule has 1 saturated heterocycles. The molecule has 4 heterocycles. The summed E-state index contributed by atoms with van der Waals surface area (Å²) in [6, 6.07) is 11.6. The van der Waals surface area contributed by atoms with Gasteiger partial charge in [-0.1, -0.05) is 25.0 Å². The van der Waals surface area contributed by atoms with Gasteiger partial charge in [-0.15, -0.1) is 0 Å². The molecule has 2 aliphatic heterocycles. The molecule has 3 aromatic rings. The van der Waals surface area contributed by atoms with E-state index in [0.717, 1.165) is 52.5 Å². The fourth-order valence-electron chi connectivity index (χ4n) is 6.06. The van der Waals surface area contributed by atoms with Gasteiger partial charge in [0.25, 0.3) is 5.56 Å². The number of pyridine rings is 1. The average molecular weight is 540 g/mol. The zero-order chi connectivity index (χ0) is 27.9. The van der Waals surface area contributed by atoms with Crippen LogP contribution in [-0.4, -0.2) is 49.4 Å². The predicted octanol–water partition coefficient (Wildman–Crippen LogP) is 6.47. The Hall–Kier alpha value is -3.94. The second kappa shape index (κ2) is 10.6. The van der Waals surface area contributed by atoms with Crippen molar-refractivity contribution in [2.45, 2.75) is 83.3 Å². The van der Waals surface area contributed by atoms with Crippen LogP contribution in [0.25, 0.3) is 22.5 Å². The topological polar surface area (TPSA) is 92.6 Å². The highest BCUT2D eigenvalue weighted by atomic mass is 16.6. The van der Waals surface area contributed by atoms with Crippen molar-refractivity contribution in [2.75, 3.05) is 6.54 Å². The lowest BCUT2D eigenvalue weighted by Gasteiger charge is -2.28. The van der Waals surface area contributed by atoms with Crippen molar-refractivity contribution in [1.82, 2.24) is 19.4 Å². The van der Waals surface area contributed by atoms with Gasteiger partial charge in [0.15, 0.2) is 0 Å². The van der Waals surface area contributed by atoms with Crippen LogP contribution >= 0.6 is 0 Å². The minimum Gasteiger partial charge on any atom is -0.444 e. The summed E-state index contributed by atoms with van der Waals surface area (Å²) in [6.07, 6.45) is 12.7. The number of ether oxygens (including phenoxy) is 1. The Morgan fingerprint density at radius 3 is 2.52 bits per heavy atom. The molecule has 2 fully saturated rings. The number of nitrogens with zero attached hydrogens (tertiary/aromatic N) is 4. The predicted molar refractivity (Wildman–Crippen MR) is 157 cm³/mol. The number of hydrogen-bond acceptors (Lipinski definition) is 5. The number of aromatic amines is 1. The van der Waals surface area contributed by atoms with Crippen molar-refractivity contribution in [3.8, 4) is 16.9 Å². The fourth-order valence-corrected chi connectivity index (χ4v) is 6.06. The summed E-state index contributed by atoms with van der Waals surface area (Å²) in [7, 11) is 0. The molecule has 1 amide bonds. The highest BCUT2D eigenvalue weighted by Gasteiger charge is 2.36. The Balaban J connectivity index is 1.12. The van der Waals surface area contributed by atoms with Crippen LogP contribution < -0.4 is 5.56 Å². The molecule has 40 heavy (non-hydrogen) atoms. The molecule has 1 saturated carbocycles. The number of aliphatic imine (C=N–C) groups is 1. The summed E-state index contributed by atoms with van der Waals surface area (Å²) < 4.78 is 7.27. The van der Waals surface area contributed by atoms with E-state index in [9.17, 15) is 9.59 Å². The number of rotatable bonds is 5. The van der Waals surface area contributed by atoms with Crippen molar-refractivity contribution >= 4 is 17.4 Å². The minimum atomic E-state index is -0.535. The van der Waals surface area contributed by atoms with E-state index >= 15 is 0 Å². The van der Waals surface area contributed by atoms with Crippen LogP contribution in [0, 0.1) is 0 Å². The molecule has 0 unspecified atom stereocenters. The number of carbonyl (C=O) groups is 1. The number of aromatic nitrogens is 3. The Labute approximate surface area is 234 Å². The van der Waals surface area contributed by atoms with Gasteiger partial charge in [-0.3, -0.25) is 19.3 Å². The van der Waals surface area contributed by atoms with Crippen molar-refractivity contribution in [2.24, 2.45) is 4.99 Å². The first-order valence-electron chi connectivity index (χ1n) is 14.4. The second-order valence-corrected chi connectivity index (χ2v) is 12.1. The molecule has 208 valence electrons. The number of H-pyrrole nitrogens is 1. The molecule has 8 heteroatoms. The summed E-state index contributed by atoms with van der Waals surface area (Å²) in [5.74, 6) is 1.63. The Bertz CT molecular complexity index is 1520. The second-order valence-electron chi connectivity index (χ2n) is 12.1. The van der Waals surface area contributed by atoms with Crippen LogP contribution in [0.2, 0.25) is 0 Å². The van der Waals surface area contributed by atoms with Gasteiger partial charge in [0.1, 0.15) is 11.4 Å². The molecule has 0 bridgehead atoms. The highest BCUT2D eigenvalue weighted by Crippen LogP contribution is 2.34. The van der Waals surface area contributed by atoms with Gasteiger partial charge >= 0.3 is 6.09 Å². The van der Waals surface area contributed by atoms with Crippen molar-refractivity contribution in [3.63, 3.8) is 0 Å². The Morgan fingerprint density at radius 1 is 1.02 bits per heavy atom. The van der Waals surface area contributed by atoms with Crippen molar-refractivity contribution in [1.29, 1.82) is 0 Å². The van der Waals surface area contributed by atoms with Crippen LogP contribution in [0.1, 0.15) is 83.0 Å². The molecule has 1 atom stereocenters. The van der Waals surface area contributed by atoms with E-state index in [-0.39, 0.29) is 17.7 Å². The first-order chi connectivity index (χ1) is 19.2. The van der Waals surface area contributed by atoms with Gasteiger partial charge in [-0.05, 0) is 81.4 Å².